The minimum atomic E-state index is -3.46. The first-order valence-corrected chi connectivity index (χ1v) is 7.35. The Morgan fingerprint density at radius 2 is 1.71 bits per heavy atom. The van der Waals surface area contributed by atoms with Crippen LogP contribution in [-0.2, 0) is 14.8 Å². The predicted molar refractivity (Wildman–Crippen MR) is 65.1 cm³/mol. The van der Waals surface area contributed by atoms with E-state index in [4.69, 9.17) is 5.11 Å². The van der Waals surface area contributed by atoms with E-state index in [1.807, 2.05) is 0 Å². The van der Waals surface area contributed by atoms with Gasteiger partial charge in [-0.3, -0.25) is 4.79 Å². The highest BCUT2D eigenvalue weighted by Gasteiger charge is 2.64. The summed E-state index contributed by atoms with van der Waals surface area (Å²) in [6.07, 6.45) is -0.354. The Kier molecular flexibility index (Phi) is 3.60. The number of sulfonamides is 1. The molecular weight excluding hydrogens is 242 g/mol. The maximum atomic E-state index is 11.5. The summed E-state index contributed by atoms with van der Waals surface area (Å²) in [5.74, 6) is -1.15. The molecule has 0 aromatic carbocycles. The SMILES string of the molecule is CC1(C)C(CNS(=O)(=O)CCC(=O)O)C1(C)C. The van der Waals surface area contributed by atoms with Crippen molar-refractivity contribution in [3.63, 3.8) is 0 Å². The molecule has 0 unspecified atom stereocenters. The quantitative estimate of drug-likeness (QED) is 0.750. The van der Waals surface area contributed by atoms with Gasteiger partial charge in [0.15, 0.2) is 0 Å². The lowest BCUT2D eigenvalue weighted by atomic mass is 10.0. The molecule has 1 fully saturated rings. The van der Waals surface area contributed by atoms with Crippen LogP contribution >= 0.6 is 0 Å². The number of aliphatic carboxylic acids is 1. The van der Waals surface area contributed by atoms with Crippen molar-refractivity contribution in [2.24, 2.45) is 16.7 Å². The largest absolute Gasteiger partial charge is 0.481 e. The number of carboxylic acid groups (broad SMARTS) is 1. The van der Waals surface area contributed by atoms with Gasteiger partial charge in [0, 0.05) is 6.54 Å². The summed E-state index contributed by atoms with van der Waals surface area (Å²) in [6.45, 7) is 8.85. The van der Waals surface area contributed by atoms with E-state index in [1.165, 1.54) is 0 Å². The summed E-state index contributed by atoms with van der Waals surface area (Å²) in [5, 5.41) is 8.44. The molecule has 0 aromatic rings. The Morgan fingerprint density at radius 1 is 1.24 bits per heavy atom. The first-order valence-electron chi connectivity index (χ1n) is 5.70. The summed E-state index contributed by atoms with van der Waals surface area (Å²) in [7, 11) is -3.46. The van der Waals surface area contributed by atoms with Gasteiger partial charge in [0.2, 0.25) is 10.0 Å². The van der Waals surface area contributed by atoms with Crippen molar-refractivity contribution in [1.82, 2.24) is 4.72 Å². The summed E-state index contributed by atoms with van der Waals surface area (Å²) >= 11 is 0. The lowest BCUT2D eigenvalue weighted by Gasteiger charge is -2.06. The maximum absolute atomic E-state index is 11.5. The van der Waals surface area contributed by atoms with Gasteiger partial charge in [0.25, 0.3) is 0 Å². The van der Waals surface area contributed by atoms with Crippen LogP contribution in [0, 0.1) is 16.7 Å². The normalized spacial score (nSPS) is 22.4. The van der Waals surface area contributed by atoms with E-state index in [2.05, 4.69) is 32.4 Å². The van der Waals surface area contributed by atoms with Crippen LogP contribution in [0.5, 0.6) is 0 Å². The third kappa shape index (κ3) is 2.98. The second-order valence-corrected chi connectivity index (χ2v) is 7.73. The number of carbonyl (C=O) groups is 1. The lowest BCUT2D eigenvalue weighted by Crippen LogP contribution is -2.30. The van der Waals surface area contributed by atoms with Gasteiger partial charge >= 0.3 is 5.97 Å². The molecule has 0 saturated heterocycles. The van der Waals surface area contributed by atoms with Crippen molar-refractivity contribution in [1.29, 1.82) is 0 Å². The summed E-state index contributed by atoms with van der Waals surface area (Å²) < 4.78 is 25.5. The van der Waals surface area contributed by atoms with E-state index < -0.39 is 16.0 Å². The van der Waals surface area contributed by atoms with Crippen LogP contribution in [0.25, 0.3) is 0 Å². The Bertz CT molecular complexity index is 397. The number of rotatable bonds is 6. The van der Waals surface area contributed by atoms with Crippen molar-refractivity contribution in [2.45, 2.75) is 34.1 Å². The summed E-state index contributed by atoms with van der Waals surface area (Å²) in [5.41, 5.74) is 0.255. The van der Waals surface area contributed by atoms with E-state index in [0.29, 0.717) is 12.5 Å². The predicted octanol–water partition coefficient (Wildman–Crippen LogP) is 1.06. The van der Waals surface area contributed by atoms with E-state index in [0.717, 1.165) is 0 Å². The minimum absolute atomic E-state index is 0.127. The number of hydrogen-bond donors (Lipinski definition) is 2. The van der Waals surface area contributed by atoms with Crippen LogP contribution in [0.1, 0.15) is 34.1 Å². The van der Waals surface area contributed by atoms with Gasteiger partial charge in [0.05, 0.1) is 12.2 Å². The van der Waals surface area contributed by atoms with Crippen LogP contribution < -0.4 is 4.72 Å². The molecule has 2 N–H and O–H groups in total. The monoisotopic (exact) mass is 263 g/mol. The fourth-order valence-electron chi connectivity index (χ4n) is 2.35. The summed E-state index contributed by atoms with van der Waals surface area (Å²) in [4.78, 5) is 10.3. The van der Waals surface area contributed by atoms with Crippen LogP contribution in [0.15, 0.2) is 0 Å². The second-order valence-electron chi connectivity index (χ2n) is 5.81. The number of carboxylic acids is 1. The summed E-state index contributed by atoms with van der Waals surface area (Å²) in [6, 6.07) is 0. The highest BCUT2D eigenvalue weighted by atomic mass is 32.2. The van der Waals surface area contributed by atoms with Crippen LogP contribution in [0.2, 0.25) is 0 Å². The standard InChI is InChI=1S/C11H21NO4S/c1-10(2)8(11(10,3)4)7-12-17(15,16)6-5-9(13)14/h8,12H,5-7H2,1-4H3,(H,13,14). The first kappa shape index (κ1) is 14.4. The molecule has 0 aromatic heterocycles. The van der Waals surface area contributed by atoms with E-state index in [9.17, 15) is 13.2 Å². The molecule has 1 aliphatic rings. The van der Waals surface area contributed by atoms with Gasteiger partial charge in [-0.25, -0.2) is 13.1 Å². The molecule has 17 heavy (non-hydrogen) atoms. The molecule has 0 bridgehead atoms. The van der Waals surface area contributed by atoms with Crippen molar-refractivity contribution in [3.8, 4) is 0 Å². The van der Waals surface area contributed by atoms with E-state index >= 15 is 0 Å². The van der Waals surface area contributed by atoms with Gasteiger partial charge in [-0.2, -0.15) is 0 Å². The van der Waals surface area contributed by atoms with Crippen LogP contribution in [0.4, 0.5) is 0 Å². The third-order valence-electron chi connectivity index (χ3n) is 4.41. The zero-order chi connectivity index (χ0) is 13.5. The average Bonchev–Trinajstić information content (AvgIpc) is 2.52. The smallest absolute Gasteiger partial charge is 0.304 e. The molecule has 0 atom stereocenters. The Labute approximate surface area is 103 Å². The number of hydrogen-bond acceptors (Lipinski definition) is 3. The number of nitrogens with one attached hydrogen (secondary N) is 1. The fourth-order valence-corrected chi connectivity index (χ4v) is 3.36. The molecule has 1 saturated carbocycles. The van der Waals surface area contributed by atoms with Gasteiger partial charge < -0.3 is 5.11 Å². The highest BCUT2D eigenvalue weighted by Crippen LogP contribution is 2.67. The lowest BCUT2D eigenvalue weighted by molar-refractivity contribution is -0.136. The van der Waals surface area contributed by atoms with Crippen molar-refractivity contribution in [3.05, 3.63) is 0 Å². The second kappa shape index (κ2) is 4.24. The molecule has 0 amide bonds. The molecule has 1 aliphatic carbocycles. The van der Waals surface area contributed by atoms with Gasteiger partial charge in [-0.1, -0.05) is 27.7 Å². The highest BCUT2D eigenvalue weighted by molar-refractivity contribution is 7.89. The van der Waals surface area contributed by atoms with Crippen molar-refractivity contribution >= 4 is 16.0 Å². The Balaban J connectivity index is 2.45. The Morgan fingerprint density at radius 3 is 2.06 bits per heavy atom. The molecule has 0 heterocycles. The molecular formula is C11H21NO4S. The molecule has 100 valence electrons. The molecule has 0 radical (unpaired) electrons. The van der Waals surface area contributed by atoms with E-state index in [-0.39, 0.29) is 23.0 Å². The molecule has 0 aliphatic heterocycles. The molecule has 0 spiro atoms. The first-order chi connectivity index (χ1) is 7.51. The average molecular weight is 263 g/mol. The van der Waals surface area contributed by atoms with Crippen molar-refractivity contribution in [2.75, 3.05) is 12.3 Å². The molecule has 1 rings (SSSR count). The maximum Gasteiger partial charge on any atom is 0.304 e. The third-order valence-corrected chi connectivity index (χ3v) is 5.76. The van der Waals surface area contributed by atoms with Crippen LogP contribution in [0.3, 0.4) is 0 Å². The van der Waals surface area contributed by atoms with Gasteiger partial charge in [-0.15, -0.1) is 0 Å². The van der Waals surface area contributed by atoms with Crippen LogP contribution in [-0.4, -0.2) is 31.8 Å². The van der Waals surface area contributed by atoms with Gasteiger partial charge in [0.1, 0.15) is 0 Å². The molecule has 6 heteroatoms. The Hall–Kier alpha value is -0.620. The van der Waals surface area contributed by atoms with E-state index in [1.54, 1.807) is 0 Å². The topological polar surface area (TPSA) is 83.5 Å². The zero-order valence-electron chi connectivity index (χ0n) is 10.8. The molecule has 5 nitrogen and oxygen atoms in total. The fraction of sp³-hybridized carbons (Fsp3) is 0.909. The van der Waals surface area contributed by atoms with Crippen molar-refractivity contribution < 1.29 is 18.3 Å². The zero-order valence-corrected chi connectivity index (χ0v) is 11.6. The minimum Gasteiger partial charge on any atom is -0.481 e. The van der Waals surface area contributed by atoms with Gasteiger partial charge in [-0.05, 0) is 16.7 Å².